The van der Waals surface area contributed by atoms with Crippen LogP contribution in [0, 0.1) is 5.41 Å². The van der Waals surface area contributed by atoms with Crippen LogP contribution in [0.15, 0.2) is 46.3 Å². The van der Waals surface area contributed by atoms with Crippen LogP contribution in [-0.4, -0.2) is 59.8 Å². The molecule has 0 aromatic heterocycles. The molecule has 1 saturated heterocycles. The van der Waals surface area contributed by atoms with Gasteiger partial charge in [0.2, 0.25) is 0 Å². The quantitative estimate of drug-likeness (QED) is 0.386. The maximum absolute atomic E-state index is 13.4. The van der Waals surface area contributed by atoms with Gasteiger partial charge in [0.05, 0.1) is 10.5 Å². The van der Waals surface area contributed by atoms with Crippen LogP contribution in [0.3, 0.4) is 0 Å². The van der Waals surface area contributed by atoms with Crippen LogP contribution >= 0.6 is 23.4 Å². The number of nitrogens with one attached hydrogen (secondary N) is 2. The van der Waals surface area contributed by atoms with Crippen LogP contribution < -0.4 is 5.32 Å². The minimum atomic E-state index is -4.53. The Morgan fingerprint density at radius 3 is 2.72 bits per heavy atom. The van der Waals surface area contributed by atoms with E-state index in [1.807, 2.05) is 0 Å². The maximum atomic E-state index is 13.4. The van der Waals surface area contributed by atoms with Crippen LogP contribution in [0.5, 0.6) is 0 Å². The van der Waals surface area contributed by atoms with E-state index in [0.717, 1.165) is 31.9 Å². The van der Waals surface area contributed by atoms with Gasteiger partial charge in [-0.1, -0.05) is 23.7 Å². The molecule has 36 heavy (non-hydrogen) atoms. The Morgan fingerprint density at radius 1 is 1.25 bits per heavy atom. The number of amides is 1. The molecule has 2 N–H and O–H groups in total. The standard InChI is InChI=1S/C25H25ClF3N5OS/c1-15-14-33(2)7-8-34(15)24-32-23(35)22(36-24)10-16-3-6-21(18(9-16)12-30)31-13-17-4-5-19(26)11-20(17)25(27,28)29/h3-6,9-12,15,30-31H,7-8,13-14H2,1-2H3/b22-10-,30-12?/t15-/m1/s1. The van der Waals surface area contributed by atoms with Crippen LogP contribution in [0.2, 0.25) is 5.02 Å². The summed E-state index contributed by atoms with van der Waals surface area (Å²) in [4.78, 5) is 21.7. The highest BCUT2D eigenvalue weighted by Crippen LogP contribution is 2.35. The van der Waals surface area contributed by atoms with Gasteiger partial charge in [-0.25, -0.2) is 0 Å². The first-order chi connectivity index (χ1) is 17.0. The number of anilines is 1. The Labute approximate surface area is 216 Å². The molecule has 2 aliphatic heterocycles. The van der Waals surface area contributed by atoms with Crippen molar-refractivity contribution in [3.05, 3.63) is 68.6 Å². The average molecular weight is 536 g/mol. The minimum Gasteiger partial charge on any atom is -0.380 e. The number of aliphatic imine (C=N–C) groups is 1. The lowest BCUT2D eigenvalue weighted by Gasteiger charge is -2.38. The number of hydrogen-bond donors (Lipinski definition) is 2. The highest BCUT2D eigenvalue weighted by Gasteiger charge is 2.34. The molecule has 0 saturated carbocycles. The van der Waals surface area contributed by atoms with Gasteiger partial charge in [-0.05, 0) is 67.2 Å². The Bertz CT molecular complexity index is 1250. The van der Waals surface area contributed by atoms with Crippen molar-refractivity contribution in [3.63, 3.8) is 0 Å². The van der Waals surface area contributed by atoms with Gasteiger partial charge >= 0.3 is 6.18 Å². The van der Waals surface area contributed by atoms with E-state index in [0.29, 0.717) is 26.9 Å². The van der Waals surface area contributed by atoms with Gasteiger partial charge in [0.15, 0.2) is 5.17 Å². The number of benzene rings is 2. The number of hydrogen-bond acceptors (Lipinski definition) is 6. The summed E-state index contributed by atoms with van der Waals surface area (Å²) < 4.78 is 40.2. The average Bonchev–Trinajstić information content (AvgIpc) is 3.17. The zero-order chi connectivity index (χ0) is 26.0. The lowest BCUT2D eigenvalue weighted by atomic mass is 10.1. The van der Waals surface area contributed by atoms with Crippen LogP contribution in [0.4, 0.5) is 18.9 Å². The second-order valence-electron chi connectivity index (χ2n) is 8.76. The van der Waals surface area contributed by atoms with Gasteiger partial charge in [-0.15, -0.1) is 0 Å². The number of halogens is 4. The van der Waals surface area contributed by atoms with E-state index in [1.54, 1.807) is 24.3 Å². The van der Waals surface area contributed by atoms with Gasteiger partial charge < -0.3 is 20.5 Å². The molecule has 1 fully saturated rings. The van der Waals surface area contributed by atoms with Crippen molar-refractivity contribution in [2.24, 2.45) is 4.99 Å². The molecule has 0 aliphatic carbocycles. The summed E-state index contributed by atoms with van der Waals surface area (Å²) >= 11 is 7.09. The fourth-order valence-corrected chi connectivity index (χ4v) is 5.42. The summed E-state index contributed by atoms with van der Waals surface area (Å²) in [5, 5.41) is 11.5. The van der Waals surface area contributed by atoms with E-state index < -0.39 is 11.7 Å². The number of piperazine rings is 1. The number of thioether (sulfide) groups is 1. The number of rotatable bonds is 5. The molecular formula is C25H25ClF3N5OS. The molecule has 1 atom stereocenters. The summed E-state index contributed by atoms with van der Waals surface area (Å²) in [6, 6.07) is 9.04. The van der Waals surface area contributed by atoms with Crippen LogP contribution in [-0.2, 0) is 17.5 Å². The summed E-state index contributed by atoms with van der Waals surface area (Å²) in [5.74, 6) is -0.304. The van der Waals surface area contributed by atoms with E-state index in [9.17, 15) is 18.0 Å². The molecule has 2 aromatic carbocycles. The van der Waals surface area contributed by atoms with Crippen molar-refractivity contribution in [1.82, 2.24) is 9.80 Å². The lowest BCUT2D eigenvalue weighted by molar-refractivity contribution is -0.138. The molecule has 0 radical (unpaired) electrons. The first-order valence-corrected chi connectivity index (χ1v) is 12.5. The van der Waals surface area contributed by atoms with E-state index >= 15 is 0 Å². The van der Waals surface area contributed by atoms with Gasteiger partial charge in [0.1, 0.15) is 0 Å². The molecule has 2 heterocycles. The van der Waals surface area contributed by atoms with Crippen LogP contribution in [0.1, 0.15) is 29.2 Å². The van der Waals surface area contributed by atoms with Gasteiger partial charge in [0.25, 0.3) is 5.91 Å². The Morgan fingerprint density at radius 2 is 2.03 bits per heavy atom. The van der Waals surface area contributed by atoms with Crippen molar-refractivity contribution < 1.29 is 18.0 Å². The summed E-state index contributed by atoms with van der Waals surface area (Å²) in [6.07, 6.45) is -1.69. The number of carbonyl (C=O) groups is 1. The normalized spacial score (nSPS) is 20.1. The van der Waals surface area contributed by atoms with E-state index in [4.69, 9.17) is 17.0 Å². The predicted molar refractivity (Wildman–Crippen MR) is 140 cm³/mol. The number of amidine groups is 1. The molecular weight excluding hydrogens is 511 g/mol. The maximum Gasteiger partial charge on any atom is 0.416 e. The fourth-order valence-electron chi connectivity index (χ4n) is 4.20. The predicted octanol–water partition coefficient (Wildman–Crippen LogP) is 5.57. The third kappa shape index (κ3) is 5.93. The highest BCUT2D eigenvalue weighted by molar-refractivity contribution is 8.18. The van der Waals surface area contributed by atoms with E-state index in [1.165, 1.54) is 23.9 Å². The zero-order valence-electron chi connectivity index (χ0n) is 19.7. The second kappa shape index (κ2) is 10.7. The molecule has 11 heteroatoms. The molecule has 2 aromatic rings. The lowest BCUT2D eigenvalue weighted by Crippen LogP contribution is -2.51. The SMILES string of the molecule is C[C@@H]1CN(C)CCN1C1=NC(=O)/C(=C/c2ccc(NCc3ccc(Cl)cc3C(F)(F)F)c(C=N)c2)S1. The monoisotopic (exact) mass is 535 g/mol. The first kappa shape index (κ1) is 26.2. The van der Waals surface area contributed by atoms with Crippen molar-refractivity contribution >= 4 is 52.4 Å². The zero-order valence-corrected chi connectivity index (χ0v) is 21.3. The number of likely N-dealkylation sites (N-methyl/N-ethyl adjacent to an activating group) is 1. The molecule has 4 rings (SSSR count). The van der Waals surface area contributed by atoms with Crippen molar-refractivity contribution in [1.29, 1.82) is 5.41 Å². The minimum absolute atomic E-state index is 0.0113. The van der Waals surface area contributed by atoms with Gasteiger partial charge in [-0.3, -0.25) is 4.79 Å². The van der Waals surface area contributed by atoms with Crippen molar-refractivity contribution in [2.75, 3.05) is 32.0 Å². The molecule has 0 spiro atoms. The number of nitrogens with zero attached hydrogens (tertiary/aromatic N) is 3. The second-order valence-corrected chi connectivity index (χ2v) is 10.2. The molecule has 190 valence electrons. The largest absolute Gasteiger partial charge is 0.416 e. The number of alkyl halides is 3. The first-order valence-electron chi connectivity index (χ1n) is 11.3. The topological polar surface area (TPSA) is 71.8 Å². The molecule has 0 bridgehead atoms. The molecule has 0 unspecified atom stereocenters. The Balaban J connectivity index is 1.48. The Kier molecular flexibility index (Phi) is 7.77. The van der Waals surface area contributed by atoms with Crippen molar-refractivity contribution in [2.45, 2.75) is 25.7 Å². The summed E-state index contributed by atoms with van der Waals surface area (Å²) in [7, 11) is 2.07. The molecule has 1 amide bonds. The smallest absolute Gasteiger partial charge is 0.380 e. The van der Waals surface area contributed by atoms with Gasteiger partial charge in [0, 0.05) is 54.7 Å². The Hall–Kier alpha value is -2.82. The highest BCUT2D eigenvalue weighted by atomic mass is 35.5. The molecule has 2 aliphatic rings. The van der Waals surface area contributed by atoms with E-state index in [-0.39, 0.29) is 29.1 Å². The number of carbonyl (C=O) groups excluding carboxylic acids is 1. The van der Waals surface area contributed by atoms with Gasteiger partial charge in [-0.2, -0.15) is 18.2 Å². The third-order valence-corrected chi connectivity index (χ3v) is 7.32. The van der Waals surface area contributed by atoms with Crippen LogP contribution in [0.25, 0.3) is 6.08 Å². The summed E-state index contributed by atoms with van der Waals surface area (Å²) in [5.41, 5.74) is 0.924. The fraction of sp³-hybridized carbons (Fsp3) is 0.320. The molecule has 6 nitrogen and oxygen atoms in total. The third-order valence-electron chi connectivity index (χ3n) is 6.06. The van der Waals surface area contributed by atoms with Crippen molar-refractivity contribution in [3.8, 4) is 0 Å². The summed E-state index contributed by atoms with van der Waals surface area (Å²) in [6.45, 7) is 4.60. The van der Waals surface area contributed by atoms with E-state index in [2.05, 4.69) is 34.1 Å².